The largest absolute Gasteiger partial charge is 0.497 e. The molecule has 0 N–H and O–H groups in total. The van der Waals surface area contributed by atoms with Crippen molar-refractivity contribution in [3.8, 4) is 11.5 Å². The average Bonchev–Trinajstić information content (AvgIpc) is 2.74. The number of halogens is 2. The monoisotopic (exact) mass is 390 g/mol. The van der Waals surface area contributed by atoms with E-state index in [1.54, 1.807) is 23.1 Å². The molecule has 1 fully saturated rings. The first kappa shape index (κ1) is 19.6. The van der Waals surface area contributed by atoms with Gasteiger partial charge in [0, 0.05) is 37.8 Å². The van der Waals surface area contributed by atoms with Crippen LogP contribution < -0.4 is 9.47 Å². The molecular formula is C20H20F2N2O4. The van der Waals surface area contributed by atoms with Gasteiger partial charge in [0.25, 0.3) is 11.8 Å². The minimum Gasteiger partial charge on any atom is -0.497 e. The normalized spacial score (nSPS) is 14.0. The Hall–Kier alpha value is -3.16. The predicted molar refractivity (Wildman–Crippen MR) is 97.7 cm³/mol. The van der Waals surface area contributed by atoms with E-state index in [1.807, 2.05) is 0 Å². The van der Waals surface area contributed by atoms with E-state index in [1.165, 1.54) is 19.1 Å². The molecule has 0 bridgehead atoms. The molecule has 0 aromatic heterocycles. The molecule has 0 atom stereocenters. The number of nitrogens with zero attached hydrogens (tertiary/aromatic N) is 2. The van der Waals surface area contributed by atoms with Crippen molar-refractivity contribution < 1.29 is 27.8 Å². The number of carbonyl (C=O) groups excluding carboxylic acids is 2. The highest BCUT2D eigenvalue weighted by molar-refractivity contribution is 5.96. The zero-order valence-corrected chi connectivity index (χ0v) is 15.6. The number of hydrogen-bond acceptors (Lipinski definition) is 4. The predicted octanol–water partition coefficient (Wildman–Crippen LogP) is 2.58. The van der Waals surface area contributed by atoms with Crippen LogP contribution in [0.2, 0.25) is 0 Å². The molecule has 28 heavy (non-hydrogen) atoms. The van der Waals surface area contributed by atoms with Crippen molar-refractivity contribution in [1.29, 1.82) is 0 Å². The van der Waals surface area contributed by atoms with Gasteiger partial charge in [0.05, 0.1) is 19.8 Å². The van der Waals surface area contributed by atoms with E-state index in [4.69, 9.17) is 9.47 Å². The van der Waals surface area contributed by atoms with Gasteiger partial charge in [0.1, 0.15) is 23.1 Å². The lowest BCUT2D eigenvalue weighted by molar-refractivity contribution is 0.0532. The molecule has 0 spiro atoms. The van der Waals surface area contributed by atoms with E-state index in [9.17, 15) is 18.4 Å². The van der Waals surface area contributed by atoms with Crippen LogP contribution in [0.5, 0.6) is 11.5 Å². The third-order valence-electron chi connectivity index (χ3n) is 4.61. The molecular weight excluding hydrogens is 370 g/mol. The SMILES string of the molecule is COc1cc(OC)cc(C(=O)N2CCN(C(=O)c3cc(F)ccc3F)CC2)c1. The third kappa shape index (κ3) is 4.05. The first-order chi connectivity index (χ1) is 13.4. The molecule has 0 radical (unpaired) electrons. The van der Waals surface area contributed by atoms with Crippen molar-refractivity contribution in [3.63, 3.8) is 0 Å². The summed E-state index contributed by atoms with van der Waals surface area (Å²) in [6.45, 7) is 1.01. The zero-order chi connectivity index (χ0) is 20.3. The molecule has 8 heteroatoms. The Morgan fingerprint density at radius 2 is 1.36 bits per heavy atom. The number of hydrogen-bond donors (Lipinski definition) is 0. The van der Waals surface area contributed by atoms with E-state index in [-0.39, 0.29) is 37.6 Å². The summed E-state index contributed by atoms with van der Waals surface area (Å²) < 4.78 is 37.6. The lowest BCUT2D eigenvalue weighted by Gasteiger charge is -2.35. The fourth-order valence-electron chi connectivity index (χ4n) is 3.06. The summed E-state index contributed by atoms with van der Waals surface area (Å²) in [4.78, 5) is 28.3. The maximum absolute atomic E-state index is 13.8. The molecule has 6 nitrogen and oxygen atoms in total. The minimum atomic E-state index is -0.770. The third-order valence-corrected chi connectivity index (χ3v) is 4.61. The summed E-state index contributed by atoms with van der Waals surface area (Å²) in [6.07, 6.45) is 0. The van der Waals surface area contributed by atoms with Crippen molar-refractivity contribution in [2.75, 3.05) is 40.4 Å². The van der Waals surface area contributed by atoms with Gasteiger partial charge in [-0.1, -0.05) is 0 Å². The fraction of sp³-hybridized carbons (Fsp3) is 0.300. The van der Waals surface area contributed by atoms with E-state index >= 15 is 0 Å². The Morgan fingerprint density at radius 1 is 0.821 bits per heavy atom. The van der Waals surface area contributed by atoms with Crippen LogP contribution in [0.3, 0.4) is 0 Å². The molecule has 1 heterocycles. The number of carbonyl (C=O) groups is 2. The van der Waals surface area contributed by atoms with Gasteiger partial charge in [-0.3, -0.25) is 9.59 Å². The number of rotatable bonds is 4. The van der Waals surface area contributed by atoms with Crippen molar-refractivity contribution in [3.05, 3.63) is 59.2 Å². The van der Waals surface area contributed by atoms with Crippen LogP contribution in [0.25, 0.3) is 0 Å². The topological polar surface area (TPSA) is 59.1 Å². The Bertz CT molecular complexity index is 874. The second-order valence-corrected chi connectivity index (χ2v) is 6.31. The van der Waals surface area contributed by atoms with E-state index in [0.29, 0.717) is 17.1 Å². The second kappa shape index (κ2) is 8.24. The summed E-state index contributed by atoms with van der Waals surface area (Å²) in [5.41, 5.74) is 0.101. The fourth-order valence-corrected chi connectivity index (χ4v) is 3.06. The Balaban J connectivity index is 1.69. The van der Waals surface area contributed by atoms with E-state index < -0.39 is 17.5 Å². The van der Waals surface area contributed by atoms with Gasteiger partial charge in [-0.2, -0.15) is 0 Å². The number of piperazine rings is 1. The Labute approximate surface area is 161 Å². The maximum atomic E-state index is 13.8. The molecule has 0 aliphatic carbocycles. The molecule has 148 valence electrons. The molecule has 2 aromatic carbocycles. The number of amides is 2. The molecule has 1 aliphatic rings. The molecule has 2 aromatic rings. The van der Waals surface area contributed by atoms with Gasteiger partial charge in [0.15, 0.2) is 0 Å². The van der Waals surface area contributed by atoms with Crippen molar-refractivity contribution in [1.82, 2.24) is 9.80 Å². The van der Waals surface area contributed by atoms with Gasteiger partial charge in [-0.25, -0.2) is 8.78 Å². The number of methoxy groups -OCH3 is 2. The summed E-state index contributed by atoms with van der Waals surface area (Å²) in [6, 6.07) is 7.68. The first-order valence-corrected chi connectivity index (χ1v) is 8.69. The van der Waals surface area contributed by atoms with Crippen LogP contribution in [0, 0.1) is 11.6 Å². The molecule has 3 rings (SSSR count). The van der Waals surface area contributed by atoms with Gasteiger partial charge >= 0.3 is 0 Å². The number of ether oxygens (including phenoxy) is 2. The van der Waals surface area contributed by atoms with Gasteiger partial charge in [0.2, 0.25) is 0 Å². The summed E-state index contributed by atoms with van der Waals surface area (Å²) in [7, 11) is 3.00. The van der Waals surface area contributed by atoms with Crippen molar-refractivity contribution in [2.45, 2.75) is 0 Å². The van der Waals surface area contributed by atoms with Crippen molar-refractivity contribution >= 4 is 11.8 Å². The average molecular weight is 390 g/mol. The summed E-state index contributed by atoms with van der Waals surface area (Å²) in [5, 5.41) is 0. The van der Waals surface area contributed by atoms with Crippen LogP contribution in [-0.4, -0.2) is 62.0 Å². The Morgan fingerprint density at radius 3 is 1.89 bits per heavy atom. The van der Waals surface area contributed by atoms with E-state index in [0.717, 1.165) is 18.2 Å². The first-order valence-electron chi connectivity index (χ1n) is 8.69. The van der Waals surface area contributed by atoms with Gasteiger partial charge < -0.3 is 19.3 Å². The van der Waals surface area contributed by atoms with Crippen LogP contribution >= 0.6 is 0 Å². The van der Waals surface area contributed by atoms with E-state index in [2.05, 4.69) is 0 Å². The highest BCUT2D eigenvalue weighted by Crippen LogP contribution is 2.24. The molecule has 1 aliphatic heterocycles. The van der Waals surface area contributed by atoms with Crippen LogP contribution in [-0.2, 0) is 0 Å². The highest BCUT2D eigenvalue weighted by atomic mass is 19.1. The zero-order valence-electron chi connectivity index (χ0n) is 15.6. The lowest BCUT2D eigenvalue weighted by Crippen LogP contribution is -2.50. The molecule has 1 saturated heterocycles. The van der Waals surface area contributed by atoms with Gasteiger partial charge in [-0.15, -0.1) is 0 Å². The van der Waals surface area contributed by atoms with Gasteiger partial charge in [-0.05, 0) is 30.3 Å². The minimum absolute atomic E-state index is 0.221. The molecule has 2 amide bonds. The quantitative estimate of drug-likeness (QED) is 0.805. The van der Waals surface area contributed by atoms with Crippen LogP contribution in [0.1, 0.15) is 20.7 Å². The Kier molecular flexibility index (Phi) is 5.77. The maximum Gasteiger partial charge on any atom is 0.257 e. The molecule has 0 unspecified atom stereocenters. The van der Waals surface area contributed by atoms with Crippen LogP contribution in [0.4, 0.5) is 8.78 Å². The molecule has 0 saturated carbocycles. The standard InChI is InChI=1S/C20H20F2N2O4/c1-27-15-9-13(10-16(12-15)28-2)19(25)23-5-7-24(8-6-23)20(26)17-11-14(21)3-4-18(17)22/h3-4,9-12H,5-8H2,1-2H3. The second-order valence-electron chi connectivity index (χ2n) is 6.31. The summed E-state index contributed by atoms with van der Waals surface area (Å²) >= 11 is 0. The number of benzene rings is 2. The lowest BCUT2D eigenvalue weighted by atomic mass is 10.1. The summed E-state index contributed by atoms with van der Waals surface area (Å²) in [5.74, 6) is -1.26. The highest BCUT2D eigenvalue weighted by Gasteiger charge is 2.27. The smallest absolute Gasteiger partial charge is 0.257 e. The van der Waals surface area contributed by atoms with Crippen LogP contribution in [0.15, 0.2) is 36.4 Å². The van der Waals surface area contributed by atoms with Crippen molar-refractivity contribution in [2.24, 2.45) is 0 Å².